The highest BCUT2D eigenvalue weighted by molar-refractivity contribution is 5.78. The summed E-state index contributed by atoms with van der Waals surface area (Å²) in [5, 5.41) is 24.2. The summed E-state index contributed by atoms with van der Waals surface area (Å²) in [4.78, 5) is 18.4. The van der Waals surface area contributed by atoms with Crippen LogP contribution in [0.2, 0.25) is 0 Å². The topological polar surface area (TPSA) is 85.7 Å². The number of nitrogens with zero attached hydrogens (tertiary/aromatic N) is 2. The lowest BCUT2D eigenvalue weighted by atomic mass is 9.80. The Kier molecular flexibility index (Phi) is 7.75. The molecule has 0 bridgehead atoms. The van der Waals surface area contributed by atoms with Crippen LogP contribution in [0.25, 0.3) is 0 Å². The van der Waals surface area contributed by atoms with Crippen LogP contribution in [0.5, 0.6) is 0 Å². The maximum Gasteiger partial charge on any atom is 0.312 e. The first kappa shape index (κ1) is 21.4. The number of carboxylic acid groups (broad SMARTS) is 1. The Hall–Kier alpha value is -2.28. The van der Waals surface area contributed by atoms with E-state index in [9.17, 15) is 15.0 Å². The van der Waals surface area contributed by atoms with Crippen LogP contribution in [-0.2, 0) is 11.2 Å². The lowest BCUT2D eigenvalue weighted by molar-refractivity contribution is -0.144. The number of benzene rings is 1. The molecule has 3 atom stereocenters. The SMILES string of the molecule is CNCCCN1C(O)c2ccccc2C(C(=O)O)C1CCCCc1cccnc1. The van der Waals surface area contributed by atoms with Gasteiger partial charge in [-0.25, -0.2) is 0 Å². The Morgan fingerprint density at radius 2 is 1.93 bits per heavy atom. The molecule has 2 aromatic rings. The molecule has 0 saturated heterocycles. The van der Waals surface area contributed by atoms with E-state index in [0.29, 0.717) is 6.54 Å². The average Bonchev–Trinajstić information content (AvgIpc) is 2.73. The van der Waals surface area contributed by atoms with Crippen molar-refractivity contribution in [3.8, 4) is 0 Å². The van der Waals surface area contributed by atoms with Crippen molar-refractivity contribution in [2.75, 3.05) is 20.1 Å². The van der Waals surface area contributed by atoms with E-state index in [1.54, 1.807) is 6.20 Å². The number of aliphatic carboxylic acids is 1. The second kappa shape index (κ2) is 10.5. The predicted octanol–water partition coefficient (Wildman–Crippen LogP) is 2.95. The van der Waals surface area contributed by atoms with Gasteiger partial charge in [0.1, 0.15) is 6.23 Å². The number of hydrogen-bond acceptors (Lipinski definition) is 5. The van der Waals surface area contributed by atoms with Crippen LogP contribution in [0.3, 0.4) is 0 Å². The zero-order chi connectivity index (χ0) is 20.6. The molecular weight excluding hydrogens is 366 g/mol. The van der Waals surface area contributed by atoms with Crippen molar-refractivity contribution < 1.29 is 15.0 Å². The molecule has 29 heavy (non-hydrogen) atoms. The van der Waals surface area contributed by atoms with E-state index < -0.39 is 18.1 Å². The second-order valence-corrected chi connectivity index (χ2v) is 7.69. The van der Waals surface area contributed by atoms with Gasteiger partial charge in [-0.15, -0.1) is 0 Å². The minimum Gasteiger partial charge on any atom is -0.481 e. The van der Waals surface area contributed by atoms with Crippen molar-refractivity contribution in [2.45, 2.75) is 50.3 Å². The Labute approximate surface area is 172 Å². The third-order valence-corrected chi connectivity index (χ3v) is 5.78. The Morgan fingerprint density at radius 1 is 1.14 bits per heavy atom. The predicted molar refractivity (Wildman–Crippen MR) is 113 cm³/mol. The number of unbranched alkanes of at least 4 members (excludes halogenated alkanes) is 1. The van der Waals surface area contributed by atoms with Gasteiger partial charge >= 0.3 is 5.97 Å². The number of pyridine rings is 1. The molecule has 0 spiro atoms. The van der Waals surface area contributed by atoms with Crippen molar-refractivity contribution in [3.05, 3.63) is 65.5 Å². The molecule has 0 amide bonds. The van der Waals surface area contributed by atoms with Crippen molar-refractivity contribution in [1.29, 1.82) is 0 Å². The highest BCUT2D eigenvalue weighted by Crippen LogP contribution is 2.41. The molecule has 1 aromatic carbocycles. The van der Waals surface area contributed by atoms with Gasteiger partial charge in [0.2, 0.25) is 0 Å². The molecule has 6 nitrogen and oxygen atoms in total. The lowest BCUT2D eigenvalue weighted by Crippen LogP contribution is -2.49. The van der Waals surface area contributed by atoms with Gasteiger partial charge in [0.05, 0.1) is 5.92 Å². The molecule has 2 heterocycles. The van der Waals surface area contributed by atoms with Gasteiger partial charge in [-0.1, -0.05) is 36.8 Å². The van der Waals surface area contributed by atoms with Gasteiger partial charge < -0.3 is 15.5 Å². The fourth-order valence-electron chi connectivity index (χ4n) is 4.37. The highest BCUT2D eigenvalue weighted by Gasteiger charge is 2.42. The number of rotatable bonds is 10. The summed E-state index contributed by atoms with van der Waals surface area (Å²) in [6.07, 6.45) is 7.28. The normalized spacial score (nSPS) is 21.7. The molecule has 156 valence electrons. The summed E-state index contributed by atoms with van der Waals surface area (Å²) in [7, 11) is 1.90. The van der Waals surface area contributed by atoms with E-state index in [1.807, 2.05) is 48.5 Å². The number of aromatic nitrogens is 1. The van der Waals surface area contributed by atoms with Crippen LogP contribution in [-0.4, -0.2) is 52.2 Å². The van der Waals surface area contributed by atoms with Crippen LogP contribution in [0.1, 0.15) is 54.5 Å². The number of aliphatic hydroxyl groups excluding tert-OH is 1. The molecule has 3 unspecified atom stereocenters. The van der Waals surface area contributed by atoms with Gasteiger partial charge in [0.25, 0.3) is 0 Å². The molecule has 0 fully saturated rings. The zero-order valence-electron chi connectivity index (χ0n) is 17.0. The van der Waals surface area contributed by atoms with E-state index >= 15 is 0 Å². The number of aryl methyl sites for hydroxylation is 1. The molecule has 1 aliphatic heterocycles. The molecule has 0 saturated carbocycles. The van der Waals surface area contributed by atoms with Gasteiger partial charge in [-0.05, 0) is 62.0 Å². The molecule has 0 aliphatic carbocycles. The molecular formula is C23H31N3O3. The molecule has 1 aliphatic rings. The monoisotopic (exact) mass is 397 g/mol. The maximum atomic E-state index is 12.2. The van der Waals surface area contributed by atoms with Crippen molar-refractivity contribution in [1.82, 2.24) is 15.2 Å². The van der Waals surface area contributed by atoms with Crippen LogP contribution in [0.15, 0.2) is 48.8 Å². The van der Waals surface area contributed by atoms with Crippen LogP contribution in [0.4, 0.5) is 0 Å². The van der Waals surface area contributed by atoms with Crippen molar-refractivity contribution in [3.63, 3.8) is 0 Å². The fraction of sp³-hybridized carbons (Fsp3) is 0.478. The minimum atomic E-state index is -0.819. The fourth-order valence-corrected chi connectivity index (χ4v) is 4.37. The van der Waals surface area contributed by atoms with Crippen molar-refractivity contribution in [2.24, 2.45) is 0 Å². The molecule has 3 N–H and O–H groups in total. The number of aliphatic hydroxyl groups is 1. The summed E-state index contributed by atoms with van der Waals surface area (Å²) in [6, 6.07) is 11.2. The first-order valence-electron chi connectivity index (χ1n) is 10.4. The van der Waals surface area contributed by atoms with Crippen LogP contribution < -0.4 is 5.32 Å². The minimum absolute atomic E-state index is 0.219. The number of carboxylic acids is 1. The smallest absolute Gasteiger partial charge is 0.312 e. The lowest BCUT2D eigenvalue weighted by Gasteiger charge is -2.44. The van der Waals surface area contributed by atoms with Crippen LogP contribution in [0, 0.1) is 0 Å². The first-order chi connectivity index (χ1) is 14.1. The zero-order valence-corrected chi connectivity index (χ0v) is 17.0. The number of nitrogens with one attached hydrogen (secondary N) is 1. The number of carbonyl (C=O) groups is 1. The third-order valence-electron chi connectivity index (χ3n) is 5.78. The summed E-state index contributed by atoms with van der Waals surface area (Å²) in [5.41, 5.74) is 2.66. The number of hydrogen-bond donors (Lipinski definition) is 3. The van der Waals surface area contributed by atoms with Gasteiger partial charge in [-0.3, -0.25) is 14.7 Å². The number of fused-ring (bicyclic) bond motifs is 1. The van der Waals surface area contributed by atoms with Gasteiger partial charge in [-0.2, -0.15) is 0 Å². The third kappa shape index (κ3) is 5.21. The summed E-state index contributed by atoms with van der Waals surface area (Å²) >= 11 is 0. The quantitative estimate of drug-likeness (QED) is 0.535. The van der Waals surface area contributed by atoms with Crippen LogP contribution >= 0.6 is 0 Å². The average molecular weight is 398 g/mol. The Morgan fingerprint density at radius 3 is 2.62 bits per heavy atom. The summed E-state index contributed by atoms with van der Waals surface area (Å²) < 4.78 is 0. The molecule has 0 radical (unpaired) electrons. The Bertz CT molecular complexity index is 784. The van der Waals surface area contributed by atoms with E-state index in [2.05, 4.69) is 16.4 Å². The molecule has 3 rings (SSSR count). The largest absolute Gasteiger partial charge is 0.481 e. The molecule has 1 aromatic heterocycles. The maximum absolute atomic E-state index is 12.2. The summed E-state index contributed by atoms with van der Waals surface area (Å²) in [5.74, 6) is -1.44. The molecule has 6 heteroatoms. The highest BCUT2D eigenvalue weighted by atomic mass is 16.4. The van der Waals surface area contributed by atoms with E-state index in [0.717, 1.165) is 49.8 Å². The van der Waals surface area contributed by atoms with Gasteiger partial charge in [0, 0.05) is 25.0 Å². The van der Waals surface area contributed by atoms with E-state index in [1.165, 1.54) is 5.56 Å². The van der Waals surface area contributed by atoms with Gasteiger partial charge in [0.15, 0.2) is 0 Å². The standard InChI is InChI=1S/C23H31N3O3/c1-24-13-7-15-26-20(12-5-2-8-17-9-6-14-25-16-17)21(23(28)29)18-10-3-4-11-19(18)22(26)27/h3-4,6,9-11,14,16,20-22,24,27H,2,5,7-8,12-13,15H2,1H3,(H,28,29). The van der Waals surface area contributed by atoms with Crippen molar-refractivity contribution >= 4 is 5.97 Å². The van der Waals surface area contributed by atoms with E-state index in [-0.39, 0.29) is 6.04 Å². The van der Waals surface area contributed by atoms with E-state index in [4.69, 9.17) is 0 Å². The second-order valence-electron chi connectivity index (χ2n) is 7.69. The Balaban J connectivity index is 1.76. The summed E-state index contributed by atoms with van der Waals surface area (Å²) in [6.45, 7) is 1.49. The first-order valence-corrected chi connectivity index (χ1v) is 10.4.